The molecule has 3 N–H and O–H groups in total. The van der Waals surface area contributed by atoms with E-state index in [0.29, 0.717) is 16.7 Å². The van der Waals surface area contributed by atoms with Crippen LogP contribution in [-0.2, 0) is 0 Å². The summed E-state index contributed by atoms with van der Waals surface area (Å²) in [7, 11) is 0. The van der Waals surface area contributed by atoms with Crippen LogP contribution in [0, 0.1) is 0 Å². The van der Waals surface area contributed by atoms with E-state index in [2.05, 4.69) is 17.2 Å². The molecule has 0 radical (unpaired) electrons. The van der Waals surface area contributed by atoms with Crippen LogP contribution in [0.4, 0.5) is 5.69 Å². The van der Waals surface area contributed by atoms with Crippen LogP contribution in [0.1, 0.15) is 36.5 Å². The summed E-state index contributed by atoms with van der Waals surface area (Å²) in [5, 5.41) is 3.94. The molecule has 1 aliphatic heterocycles. The Hall–Kier alpha value is -1.95. The molecule has 22 heavy (non-hydrogen) atoms. The largest absolute Gasteiger partial charge is 0.444 e. The standard InChI is InChI=1S/C16H19N3O2S/c1-2-3-4-11-9-19-13-8-10(15(17)20)7-12(14(13)22-11)16-18-5-6-21-16/h5-8,11,19H,2-4,9H2,1H3,(H2,17,20). The van der Waals surface area contributed by atoms with Crippen molar-refractivity contribution in [2.45, 2.75) is 36.3 Å². The highest BCUT2D eigenvalue weighted by atomic mass is 32.2. The average molecular weight is 317 g/mol. The molecule has 0 saturated heterocycles. The number of amides is 1. The molecule has 0 aliphatic carbocycles. The smallest absolute Gasteiger partial charge is 0.248 e. The number of hydrogen-bond donors (Lipinski definition) is 2. The number of anilines is 1. The Labute approximate surface area is 133 Å². The minimum Gasteiger partial charge on any atom is -0.444 e. The fourth-order valence-electron chi connectivity index (χ4n) is 2.57. The van der Waals surface area contributed by atoms with Crippen molar-refractivity contribution in [3.05, 3.63) is 30.2 Å². The van der Waals surface area contributed by atoms with Gasteiger partial charge in [-0.1, -0.05) is 19.8 Å². The van der Waals surface area contributed by atoms with E-state index >= 15 is 0 Å². The second-order valence-electron chi connectivity index (χ2n) is 5.36. The van der Waals surface area contributed by atoms with Crippen LogP contribution in [0.3, 0.4) is 0 Å². The summed E-state index contributed by atoms with van der Waals surface area (Å²) >= 11 is 1.83. The van der Waals surface area contributed by atoms with Crippen LogP contribution in [0.25, 0.3) is 11.5 Å². The topological polar surface area (TPSA) is 81.1 Å². The lowest BCUT2D eigenvalue weighted by Crippen LogP contribution is -2.22. The van der Waals surface area contributed by atoms with Gasteiger partial charge in [-0.25, -0.2) is 4.98 Å². The number of rotatable bonds is 5. The number of unbranched alkanes of at least 4 members (excludes halogenated alkanes) is 1. The number of nitrogens with zero attached hydrogens (tertiary/aromatic N) is 1. The van der Waals surface area contributed by atoms with Gasteiger partial charge in [0.25, 0.3) is 0 Å². The minimum absolute atomic E-state index is 0.449. The highest BCUT2D eigenvalue weighted by Crippen LogP contribution is 2.43. The van der Waals surface area contributed by atoms with Gasteiger partial charge in [0, 0.05) is 27.9 Å². The van der Waals surface area contributed by atoms with E-state index in [1.807, 2.05) is 17.8 Å². The number of carbonyl (C=O) groups excluding carboxylic acids is 1. The zero-order valence-electron chi connectivity index (χ0n) is 12.5. The Kier molecular flexibility index (Phi) is 4.38. The van der Waals surface area contributed by atoms with Gasteiger partial charge in [0.1, 0.15) is 6.26 Å². The fraction of sp³-hybridized carbons (Fsp3) is 0.375. The second kappa shape index (κ2) is 6.44. The zero-order chi connectivity index (χ0) is 15.5. The second-order valence-corrected chi connectivity index (χ2v) is 6.68. The Balaban J connectivity index is 2.01. The maximum atomic E-state index is 11.6. The lowest BCUT2D eigenvalue weighted by Gasteiger charge is -2.27. The first-order chi connectivity index (χ1) is 10.7. The number of hydrogen-bond acceptors (Lipinski definition) is 5. The van der Waals surface area contributed by atoms with Gasteiger partial charge < -0.3 is 15.5 Å². The number of nitrogens with two attached hydrogens (primary N) is 1. The fourth-order valence-corrected chi connectivity index (χ4v) is 3.89. The molecule has 116 valence electrons. The first kappa shape index (κ1) is 15.0. The summed E-state index contributed by atoms with van der Waals surface area (Å²) in [5.74, 6) is 0.0697. The molecule has 0 saturated carbocycles. The Bertz CT molecular complexity index is 670. The van der Waals surface area contributed by atoms with Gasteiger partial charge in [-0.15, -0.1) is 11.8 Å². The van der Waals surface area contributed by atoms with Gasteiger partial charge in [0.05, 0.1) is 11.8 Å². The molecule has 1 aliphatic rings. The van der Waals surface area contributed by atoms with Gasteiger partial charge in [-0.3, -0.25) is 4.79 Å². The molecule has 1 amide bonds. The summed E-state index contributed by atoms with van der Waals surface area (Å²) in [6.07, 6.45) is 6.71. The highest BCUT2D eigenvalue weighted by Gasteiger charge is 2.25. The van der Waals surface area contributed by atoms with Gasteiger partial charge in [0.2, 0.25) is 11.8 Å². The molecular weight excluding hydrogens is 298 g/mol. The molecule has 2 aromatic rings. The summed E-state index contributed by atoms with van der Waals surface area (Å²) in [6, 6.07) is 3.58. The van der Waals surface area contributed by atoms with Crippen LogP contribution >= 0.6 is 11.8 Å². The summed E-state index contributed by atoms with van der Waals surface area (Å²) in [4.78, 5) is 16.9. The molecule has 6 heteroatoms. The molecule has 0 bridgehead atoms. The Morgan fingerprint density at radius 1 is 1.55 bits per heavy atom. The van der Waals surface area contributed by atoms with Gasteiger partial charge in [-0.2, -0.15) is 0 Å². The summed E-state index contributed by atoms with van der Waals surface area (Å²) < 4.78 is 5.43. The van der Waals surface area contributed by atoms with Crippen molar-refractivity contribution in [2.75, 3.05) is 11.9 Å². The molecule has 5 nitrogen and oxygen atoms in total. The molecule has 0 fully saturated rings. The van der Waals surface area contributed by atoms with Crippen molar-refractivity contribution >= 4 is 23.4 Å². The number of primary amides is 1. The van der Waals surface area contributed by atoms with Crippen LogP contribution in [0.5, 0.6) is 0 Å². The Morgan fingerprint density at radius 2 is 2.41 bits per heavy atom. The normalized spacial score (nSPS) is 16.9. The third-order valence-corrected chi connectivity index (χ3v) is 5.13. The lowest BCUT2D eigenvalue weighted by molar-refractivity contribution is 0.100. The first-order valence-corrected chi connectivity index (χ1v) is 8.35. The zero-order valence-corrected chi connectivity index (χ0v) is 13.3. The van der Waals surface area contributed by atoms with Crippen molar-refractivity contribution in [1.82, 2.24) is 4.98 Å². The predicted octanol–water partition coefficient (Wildman–Crippen LogP) is 3.52. The SMILES string of the molecule is CCCCC1CNc2cc(C(N)=O)cc(-c3ncco3)c2S1. The van der Waals surface area contributed by atoms with Crippen molar-refractivity contribution in [1.29, 1.82) is 0 Å². The van der Waals surface area contributed by atoms with E-state index in [1.165, 1.54) is 19.1 Å². The van der Waals surface area contributed by atoms with Gasteiger partial charge >= 0.3 is 0 Å². The third-order valence-electron chi connectivity index (χ3n) is 3.72. The maximum Gasteiger partial charge on any atom is 0.248 e. The van der Waals surface area contributed by atoms with E-state index < -0.39 is 5.91 Å². The van der Waals surface area contributed by atoms with E-state index in [9.17, 15) is 4.79 Å². The van der Waals surface area contributed by atoms with Crippen molar-refractivity contribution in [2.24, 2.45) is 5.73 Å². The van der Waals surface area contributed by atoms with Crippen LogP contribution in [0.2, 0.25) is 0 Å². The quantitative estimate of drug-likeness (QED) is 0.882. The highest BCUT2D eigenvalue weighted by molar-refractivity contribution is 8.00. The first-order valence-electron chi connectivity index (χ1n) is 7.47. The number of thioether (sulfide) groups is 1. The molecule has 1 aromatic carbocycles. The average Bonchev–Trinajstić information content (AvgIpc) is 3.05. The van der Waals surface area contributed by atoms with Gasteiger partial charge in [0.15, 0.2) is 0 Å². The van der Waals surface area contributed by atoms with Crippen molar-refractivity contribution in [3.8, 4) is 11.5 Å². The summed E-state index contributed by atoms with van der Waals surface area (Å²) in [5.41, 5.74) is 7.66. The third kappa shape index (κ3) is 2.97. The molecule has 2 heterocycles. The Morgan fingerprint density at radius 3 is 3.09 bits per heavy atom. The van der Waals surface area contributed by atoms with Crippen LogP contribution in [0.15, 0.2) is 33.9 Å². The maximum absolute atomic E-state index is 11.6. The number of benzene rings is 1. The monoisotopic (exact) mass is 317 g/mol. The predicted molar refractivity (Wildman–Crippen MR) is 88.1 cm³/mol. The number of oxazole rings is 1. The minimum atomic E-state index is -0.449. The lowest BCUT2D eigenvalue weighted by atomic mass is 10.1. The van der Waals surface area contributed by atoms with Crippen LogP contribution in [-0.4, -0.2) is 22.7 Å². The molecule has 1 atom stereocenters. The van der Waals surface area contributed by atoms with Crippen LogP contribution < -0.4 is 11.1 Å². The molecule has 0 spiro atoms. The van der Waals surface area contributed by atoms with E-state index in [-0.39, 0.29) is 0 Å². The number of nitrogens with one attached hydrogen (secondary N) is 1. The van der Waals surface area contributed by atoms with Gasteiger partial charge in [-0.05, 0) is 18.6 Å². The number of fused-ring (bicyclic) bond motifs is 1. The number of carbonyl (C=O) groups is 1. The van der Waals surface area contributed by atoms with E-state index in [1.54, 1.807) is 12.3 Å². The van der Waals surface area contributed by atoms with E-state index in [4.69, 9.17) is 10.2 Å². The van der Waals surface area contributed by atoms with E-state index in [0.717, 1.165) is 29.1 Å². The molecule has 1 aromatic heterocycles. The molecule has 3 rings (SSSR count). The van der Waals surface area contributed by atoms with Crippen molar-refractivity contribution < 1.29 is 9.21 Å². The van der Waals surface area contributed by atoms with Crippen molar-refractivity contribution in [3.63, 3.8) is 0 Å². The summed E-state index contributed by atoms with van der Waals surface area (Å²) in [6.45, 7) is 3.09. The number of aromatic nitrogens is 1. The molecular formula is C16H19N3O2S. The molecule has 1 unspecified atom stereocenters.